The molecule has 2 aromatic carbocycles. The summed E-state index contributed by atoms with van der Waals surface area (Å²) in [6, 6.07) is 17.0. The molecule has 0 saturated heterocycles. The van der Waals surface area contributed by atoms with E-state index < -0.39 is 0 Å². The van der Waals surface area contributed by atoms with Crippen LogP contribution in [0, 0.1) is 0 Å². The van der Waals surface area contributed by atoms with Crippen molar-refractivity contribution in [2.45, 2.75) is 51.9 Å². The average Bonchev–Trinajstić information content (AvgIpc) is 2.87. The second-order valence-electron chi connectivity index (χ2n) is 7.04. The smallest absolute Gasteiger partial charge is 0 e. The normalized spacial score (nSPS) is 11.6. The zero-order valence-electron chi connectivity index (χ0n) is 14.0. The first-order chi connectivity index (χ1) is 9.12. The van der Waals surface area contributed by atoms with Gasteiger partial charge in [-0.1, -0.05) is 41.5 Å². The van der Waals surface area contributed by atoms with Crippen LogP contribution in [0.3, 0.4) is 0 Å². The van der Waals surface area contributed by atoms with Crippen molar-refractivity contribution in [1.29, 1.82) is 0 Å². The molecule has 0 aliphatic rings. The Balaban J connectivity index is 0.000000480. The van der Waals surface area contributed by atoms with Crippen molar-refractivity contribution in [1.82, 2.24) is 0 Å². The molecule has 0 saturated carbocycles. The summed E-state index contributed by atoms with van der Waals surface area (Å²) >= 11 is 0. The molecule has 2 rings (SSSR count). The monoisotopic (exact) mass is 362 g/mol. The van der Waals surface area contributed by atoms with Gasteiger partial charge in [0.05, 0.1) is 0 Å². The minimum atomic E-state index is -0.101. The van der Waals surface area contributed by atoms with Gasteiger partial charge in [-0.2, -0.15) is 12.1 Å². The minimum Gasteiger partial charge on any atom is -0.747 e. The van der Waals surface area contributed by atoms with E-state index in [0.29, 0.717) is 10.3 Å². The third-order valence-electron chi connectivity index (χ3n) is 2.93. The van der Waals surface area contributed by atoms with Crippen molar-refractivity contribution in [2.24, 2.45) is 0 Å². The summed E-state index contributed by atoms with van der Waals surface area (Å²) in [5.41, 5.74) is 0. The molecule has 0 aliphatic heterocycles. The number of rotatable bonds is 1. The van der Waals surface area contributed by atoms with Gasteiger partial charge in [-0.3, -0.25) is 0 Å². The van der Waals surface area contributed by atoms with Gasteiger partial charge in [0.2, 0.25) is 0 Å². The number of hydrogen-bond donors (Lipinski definition) is 0. The van der Waals surface area contributed by atoms with E-state index in [1.165, 1.54) is 5.30 Å². The summed E-state index contributed by atoms with van der Waals surface area (Å²) in [6.07, 6.45) is 0. The maximum atomic E-state index is 2.62. The molecule has 21 heavy (non-hydrogen) atoms. The van der Waals surface area contributed by atoms with E-state index in [0.717, 1.165) is 0 Å². The molecular formula is C18H28FeP2-6. The van der Waals surface area contributed by atoms with Crippen LogP contribution >= 0.6 is 17.2 Å². The van der Waals surface area contributed by atoms with Crippen LogP contribution in [0.25, 0.3) is 0 Å². The van der Waals surface area contributed by atoms with Crippen LogP contribution in [-0.4, -0.2) is 10.3 Å². The van der Waals surface area contributed by atoms with Crippen molar-refractivity contribution in [2.75, 3.05) is 0 Å². The van der Waals surface area contributed by atoms with Crippen molar-refractivity contribution in [3.63, 3.8) is 0 Å². The maximum Gasteiger partial charge on any atom is 0 e. The van der Waals surface area contributed by atoms with Crippen LogP contribution in [0.5, 0.6) is 0 Å². The van der Waals surface area contributed by atoms with Gasteiger partial charge in [0.25, 0.3) is 0 Å². The molecule has 1 atom stereocenters. The molecule has 0 spiro atoms. The van der Waals surface area contributed by atoms with Crippen LogP contribution in [0.1, 0.15) is 41.5 Å². The van der Waals surface area contributed by atoms with Crippen molar-refractivity contribution in [3.05, 3.63) is 48.5 Å². The molecule has 0 aliphatic carbocycles. The topological polar surface area (TPSA) is 0 Å². The molecule has 0 bridgehead atoms. The van der Waals surface area contributed by atoms with E-state index >= 15 is 0 Å². The third kappa shape index (κ3) is 7.25. The van der Waals surface area contributed by atoms with Crippen LogP contribution < -0.4 is 10.6 Å². The van der Waals surface area contributed by atoms with E-state index in [9.17, 15) is 0 Å². The van der Waals surface area contributed by atoms with Crippen LogP contribution in [0.2, 0.25) is 0 Å². The Hall–Kier alpha value is 0.0795. The molecule has 0 heterocycles. The Kier molecular flexibility index (Phi) is 8.68. The first-order valence-corrected chi connectivity index (χ1v) is 9.03. The molecule has 2 aromatic rings. The summed E-state index contributed by atoms with van der Waals surface area (Å²) in [5.74, 6) is 0. The molecule has 3 heteroatoms. The van der Waals surface area contributed by atoms with Gasteiger partial charge < -0.3 is 38.8 Å². The molecule has 0 N–H and O–H groups in total. The van der Waals surface area contributed by atoms with Gasteiger partial charge in [0, 0.05) is 17.1 Å². The van der Waals surface area contributed by atoms with E-state index in [4.69, 9.17) is 0 Å². The average molecular weight is 362 g/mol. The Morgan fingerprint density at radius 1 is 0.857 bits per heavy atom. The standard InChI is InChI=1S/C13H22P.C5H6P.Fe/c1-12(2,3)14(13(4,5)6)11-9-7-8-10-11;6-5-3-1-2-4-5;/h7-10H,1-6H3;1-4H,6H2;/q-1;-5;. The molecule has 124 valence electrons. The maximum absolute atomic E-state index is 2.62. The van der Waals surface area contributed by atoms with Gasteiger partial charge in [0.15, 0.2) is 0 Å². The van der Waals surface area contributed by atoms with Crippen molar-refractivity contribution in [3.8, 4) is 0 Å². The molecular weight excluding hydrogens is 334 g/mol. The van der Waals surface area contributed by atoms with E-state index in [1.54, 1.807) is 5.30 Å². The largest absolute Gasteiger partial charge is 0.747 e. The molecule has 0 nitrogen and oxygen atoms in total. The molecule has 0 aromatic heterocycles. The first kappa shape index (κ1) is 21.1. The zero-order valence-corrected chi connectivity index (χ0v) is 17.2. The fraction of sp³-hybridized carbons (Fsp3) is 0.444. The molecule has 0 amide bonds. The fourth-order valence-corrected chi connectivity index (χ4v) is 6.94. The molecule has 0 radical (unpaired) electrons. The van der Waals surface area contributed by atoms with Crippen LogP contribution in [-0.2, 0) is 17.1 Å². The summed E-state index contributed by atoms with van der Waals surface area (Å²) in [7, 11) is 2.51. The van der Waals surface area contributed by atoms with Gasteiger partial charge in [0.1, 0.15) is 0 Å². The zero-order chi connectivity index (χ0) is 15.4. The van der Waals surface area contributed by atoms with E-state index in [2.05, 4.69) is 75.0 Å². The third-order valence-corrected chi connectivity index (χ3v) is 6.82. The SMILES string of the molecule is CC(C)(C)P([c-]1cccc1)C(C)(C)C.P[c-]1[cH-][cH-][cH-][cH-]1.[Fe]. The van der Waals surface area contributed by atoms with Crippen LogP contribution in [0.15, 0.2) is 48.5 Å². The van der Waals surface area contributed by atoms with Gasteiger partial charge in [-0.05, 0) is 10.3 Å². The quantitative estimate of drug-likeness (QED) is 0.380. The Morgan fingerprint density at radius 3 is 1.48 bits per heavy atom. The van der Waals surface area contributed by atoms with E-state index in [-0.39, 0.29) is 25.0 Å². The summed E-state index contributed by atoms with van der Waals surface area (Å²) in [5, 5.41) is 3.58. The second-order valence-corrected chi connectivity index (χ2v) is 11.6. The predicted molar refractivity (Wildman–Crippen MR) is 99.5 cm³/mol. The molecule has 1 unspecified atom stereocenters. The predicted octanol–water partition coefficient (Wildman–Crippen LogP) is 5.01. The van der Waals surface area contributed by atoms with Crippen molar-refractivity contribution >= 4 is 27.8 Å². The van der Waals surface area contributed by atoms with E-state index in [1.807, 2.05) is 24.3 Å². The minimum absolute atomic E-state index is 0. The Morgan fingerprint density at radius 2 is 1.24 bits per heavy atom. The van der Waals surface area contributed by atoms with Crippen LogP contribution in [0.4, 0.5) is 0 Å². The number of hydrogen-bond acceptors (Lipinski definition) is 0. The first-order valence-electron chi connectivity index (χ1n) is 7.11. The Labute approximate surface area is 145 Å². The summed E-state index contributed by atoms with van der Waals surface area (Å²) in [4.78, 5) is 0. The Bertz CT molecular complexity index is 456. The molecule has 0 fully saturated rings. The van der Waals surface area contributed by atoms with Gasteiger partial charge in [-0.25, -0.2) is 12.1 Å². The second kappa shape index (κ2) is 8.64. The summed E-state index contributed by atoms with van der Waals surface area (Å²) in [6.45, 7) is 14.1. The van der Waals surface area contributed by atoms with Gasteiger partial charge >= 0.3 is 0 Å². The van der Waals surface area contributed by atoms with Crippen molar-refractivity contribution < 1.29 is 17.1 Å². The van der Waals surface area contributed by atoms with Gasteiger partial charge in [-0.15, -0.1) is 13.2 Å². The summed E-state index contributed by atoms with van der Waals surface area (Å²) < 4.78 is 0. The fourth-order valence-electron chi connectivity index (χ4n) is 2.68.